The Hall–Kier alpha value is -0.820. The van der Waals surface area contributed by atoms with Gasteiger partial charge < -0.3 is 15.2 Å². The lowest BCUT2D eigenvalue weighted by Gasteiger charge is -2.33. The van der Waals surface area contributed by atoms with Gasteiger partial charge in [0.05, 0.1) is 11.0 Å². The predicted octanol–water partition coefficient (Wildman–Crippen LogP) is 2.56. The largest absolute Gasteiger partial charge is 0.369 e. The Morgan fingerprint density at radius 2 is 2.06 bits per heavy atom. The topological polar surface area (TPSA) is 47.1 Å². The zero-order chi connectivity index (χ0) is 13.5. The van der Waals surface area contributed by atoms with E-state index in [1.165, 1.54) is 3.57 Å². The van der Waals surface area contributed by atoms with E-state index in [1.54, 1.807) is 0 Å². The highest BCUT2D eigenvalue weighted by Gasteiger charge is 2.23. The Morgan fingerprint density at radius 1 is 1.39 bits per heavy atom. The number of hydrogen-bond acceptors (Lipinski definition) is 3. The lowest BCUT2D eigenvalue weighted by atomic mass is 10.0. The number of imidazole rings is 1. The maximum Gasteiger partial charge on any atom is 0.201 e. The molecule has 0 fully saturated rings. The van der Waals surface area contributed by atoms with Crippen LogP contribution in [-0.4, -0.2) is 34.1 Å². The van der Waals surface area contributed by atoms with Gasteiger partial charge in [-0.05, 0) is 68.7 Å². The number of nitrogens with two attached hydrogens (primary N) is 1. The molecule has 0 unspecified atom stereocenters. The average molecular weight is 358 g/mol. The first kappa shape index (κ1) is 13.6. The number of fused-ring (bicyclic) bond motifs is 1. The van der Waals surface area contributed by atoms with Crippen molar-refractivity contribution in [1.82, 2.24) is 14.5 Å². The molecule has 0 aliphatic heterocycles. The number of nitrogens with zero attached hydrogens (tertiary/aromatic N) is 3. The fourth-order valence-corrected chi connectivity index (χ4v) is 2.29. The summed E-state index contributed by atoms with van der Waals surface area (Å²) in [5.74, 6) is 0.585. The van der Waals surface area contributed by atoms with Gasteiger partial charge in [-0.25, -0.2) is 4.98 Å². The zero-order valence-corrected chi connectivity index (χ0v) is 13.4. The Morgan fingerprint density at radius 3 is 2.67 bits per heavy atom. The van der Waals surface area contributed by atoms with Crippen LogP contribution < -0.4 is 5.73 Å². The van der Waals surface area contributed by atoms with Crippen LogP contribution in [0.3, 0.4) is 0 Å². The smallest absolute Gasteiger partial charge is 0.201 e. The zero-order valence-electron chi connectivity index (χ0n) is 11.2. The van der Waals surface area contributed by atoms with Gasteiger partial charge in [0.25, 0.3) is 0 Å². The van der Waals surface area contributed by atoms with Crippen molar-refractivity contribution in [1.29, 1.82) is 0 Å². The van der Waals surface area contributed by atoms with Gasteiger partial charge >= 0.3 is 0 Å². The molecule has 4 nitrogen and oxygen atoms in total. The number of hydrogen-bond donors (Lipinski definition) is 1. The molecule has 0 atom stereocenters. The van der Waals surface area contributed by atoms with Crippen molar-refractivity contribution >= 4 is 39.6 Å². The van der Waals surface area contributed by atoms with Crippen LogP contribution in [0.25, 0.3) is 11.0 Å². The minimum Gasteiger partial charge on any atom is -0.369 e. The van der Waals surface area contributed by atoms with Crippen LogP contribution in [0.1, 0.15) is 13.8 Å². The van der Waals surface area contributed by atoms with Gasteiger partial charge in [0.1, 0.15) is 0 Å². The number of nitrogen functional groups attached to an aromatic ring is 1. The van der Waals surface area contributed by atoms with Crippen LogP contribution in [0.5, 0.6) is 0 Å². The SMILES string of the molecule is CN(C)C(C)(C)Cn1c(N)nc2cc(I)ccc21. The van der Waals surface area contributed by atoms with Crippen LogP contribution in [0.2, 0.25) is 0 Å². The van der Waals surface area contributed by atoms with Crippen molar-refractivity contribution in [2.45, 2.75) is 25.9 Å². The third-order valence-electron chi connectivity index (χ3n) is 3.50. The summed E-state index contributed by atoms with van der Waals surface area (Å²) in [4.78, 5) is 6.63. The monoisotopic (exact) mass is 358 g/mol. The summed E-state index contributed by atoms with van der Waals surface area (Å²) in [7, 11) is 4.16. The molecule has 0 bridgehead atoms. The maximum atomic E-state index is 6.04. The van der Waals surface area contributed by atoms with E-state index in [1.807, 2.05) is 0 Å². The van der Waals surface area contributed by atoms with Gasteiger partial charge in [-0.15, -0.1) is 0 Å². The summed E-state index contributed by atoms with van der Waals surface area (Å²) in [6.07, 6.45) is 0. The normalized spacial score (nSPS) is 12.6. The molecule has 0 aliphatic carbocycles. The summed E-state index contributed by atoms with van der Waals surface area (Å²) in [6.45, 7) is 5.22. The minimum atomic E-state index is 0.0325. The highest BCUT2D eigenvalue weighted by Crippen LogP contribution is 2.23. The second kappa shape index (κ2) is 4.70. The first-order valence-corrected chi connectivity index (χ1v) is 6.98. The molecule has 2 rings (SSSR count). The van der Waals surface area contributed by atoms with E-state index >= 15 is 0 Å². The molecule has 1 heterocycles. The van der Waals surface area contributed by atoms with Gasteiger partial charge in [-0.2, -0.15) is 0 Å². The van der Waals surface area contributed by atoms with E-state index in [9.17, 15) is 0 Å². The van der Waals surface area contributed by atoms with Crippen LogP contribution in [-0.2, 0) is 6.54 Å². The van der Waals surface area contributed by atoms with Crippen molar-refractivity contribution in [3.63, 3.8) is 0 Å². The quantitative estimate of drug-likeness (QED) is 0.858. The van der Waals surface area contributed by atoms with Crippen molar-refractivity contribution in [2.24, 2.45) is 0 Å². The molecule has 0 radical (unpaired) electrons. The summed E-state index contributed by atoms with van der Waals surface area (Å²) < 4.78 is 3.27. The van der Waals surface area contributed by atoms with Crippen molar-refractivity contribution in [2.75, 3.05) is 19.8 Å². The third-order valence-corrected chi connectivity index (χ3v) is 4.17. The average Bonchev–Trinajstić information content (AvgIpc) is 2.54. The van der Waals surface area contributed by atoms with Crippen LogP contribution in [0.4, 0.5) is 5.95 Å². The number of rotatable bonds is 3. The molecule has 0 amide bonds. The summed E-state index contributed by atoms with van der Waals surface area (Å²) >= 11 is 2.29. The molecule has 2 N–H and O–H groups in total. The lowest BCUT2D eigenvalue weighted by Crippen LogP contribution is -2.42. The predicted molar refractivity (Wildman–Crippen MR) is 84.6 cm³/mol. The number of halogens is 1. The second-order valence-corrected chi connectivity index (χ2v) is 6.64. The van der Waals surface area contributed by atoms with E-state index in [2.05, 4.69) is 83.2 Å². The second-order valence-electron chi connectivity index (χ2n) is 5.40. The van der Waals surface area contributed by atoms with Gasteiger partial charge in [-0.3, -0.25) is 0 Å². The fourth-order valence-electron chi connectivity index (χ4n) is 1.82. The standard InChI is InChI=1S/C13H19IN4/c1-13(2,17(3)4)8-18-11-6-5-9(14)7-10(11)16-12(18)15/h5-7H,8H2,1-4H3,(H2,15,16). The molecule has 0 saturated carbocycles. The van der Waals surface area contributed by atoms with Crippen LogP contribution in [0, 0.1) is 3.57 Å². The number of aromatic nitrogens is 2. The van der Waals surface area contributed by atoms with Crippen molar-refractivity contribution in [3.8, 4) is 0 Å². The molecule has 18 heavy (non-hydrogen) atoms. The molecule has 1 aromatic carbocycles. The van der Waals surface area contributed by atoms with Crippen LogP contribution in [0.15, 0.2) is 18.2 Å². The number of anilines is 1. The summed E-state index contributed by atoms with van der Waals surface area (Å²) in [5, 5.41) is 0. The molecule has 0 spiro atoms. The first-order valence-electron chi connectivity index (χ1n) is 5.90. The molecule has 0 saturated heterocycles. The van der Waals surface area contributed by atoms with Crippen molar-refractivity contribution < 1.29 is 0 Å². The third kappa shape index (κ3) is 2.47. The maximum absolute atomic E-state index is 6.04. The van der Waals surface area contributed by atoms with Gasteiger partial charge in [0.15, 0.2) is 0 Å². The van der Waals surface area contributed by atoms with E-state index in [0.29, 0.717) is 5.95 Å². The Labute approximate surface area is 121 Å². The van der Waals surface area contributed by atoms with E-state index < -0.39 is 0 Å². The van der Waals surface area contributed by atoms with Gasteiger partial charge in [0.2, 0.25) is 5.95 Å². The highest BCUT2D eigenvalue weighted by molar-refractivity contribution is 14.1. The molecular weight excluding hydrogens is 339 g/mol. The summed E-state index contributed by atoms with van der Waals surface area (Å²) in [6, 6.07) is 6.24. The van der Waals surface area contributed by atoms with Gasteiger partial charge in [0, 0.05) is 15.7 Å². The van der Waals surface area contributed by atoms with Crippen molar-refractivity contribution in [3.05, 3.63) is 21.8 Å². The summed E-state index contributed by atoms with van der Waals surface area (Å²) in [5.41, 5.74) is 8.14. The fraction of sp³-hybridized carbons (Fsp3) is 0.462. The lowest BCUT2D eigenvalue weighted by molar-refractivity contribution is 0.172. The molecule has 2 aromatic rings. The van der Waals surface area contributed by atoms with E-state index in [4.69, 9.17) is 5.73 Å². The molecule has 98 valence electrons. The molecule has 5 heteroatoms. The molecule has 1 aromatic heterocycles. The molecular formula is C13H19IN4. The Balaban J connectivity index is 2.48. The van der Waals surface area contributed by atoms with E-state index in [-0.39, 0.29) is 5.54 Å². The number of likely N-dealkylation sites (N-methyl/N-ethyl adjacent to an activating group) is 1. The Bertz CT molecular complexity index is 572. The first-order chi connectivity index (χ1) is 8.31. The van der Waals surface area contributed by atoms with Gasteiger partial charge in [-0.1, -0.05) is 0 Å². The van der Waals surface area contributed by atoms with E-state index in [0.717, 1.165) is 17.6 Å². The minimum absolute atomic E-state index is 0.0325. The van der Waals surface area contributed by atoms with Crippen LogP contribution >= 0.6 is 22.6 Å². The number of benzene rings is 1. The Kier molecular flexibility index (Phi) is 3.55. The highest BCUT2D eigenvalue weighted by atomic mass is 127. The molecule has 0 aliphatic rings.